The highest BCUT2D eigenvalue weighted by atomic mass is 32.2. The smallest absolute Gasteiger partial charge is 0.340 e. The largest absolute Gasteiger partial charge is 0.452 e. The van der Waals surface area contributed by atoms with Gasteiger partial charge in [-0.2, -0.15) is 0 Å². The van der Waals surface area contributed by atoms with Gasteiger partial charge in [-0.15, -0.1) is 0 Å². The predicted molar refractivity (Wildman–Crippen MR) is 106 cm³/mol. The average Bonchev–Trinajstić information content (AvgIpc) is 3.33. The normalized spacial score (nSPS) is 22.1. The molecule has 1 saturated heterocycles. The Morgan fingerprint density at radius 1 is 1.29 bits per heavy atom. The zero-order chi connectivity index (χ0) is 20.6. The average molecular weight is 411 g/mol. The summed E-state index contributed by atoms with van der Waals surface area (Å²) in [5, 5.41) is 0. The Labute approximate surface area is 166 Å². The molecule has 28 heavy (non-hydrogen) atoms. The fraction of sp³-hybridized carbons (Fsp3) is 0.700. The zero-order valence-corrected chi connectivity index (χ0v) is 17.9. The molecule has 1 aliphatic heterocycles. The number of esters is 1. The summed E-state index contributed by atoms with van der Waals surface area (Å²) in [6.07, 6.45) is 3.39. The van der Waals surface area contributed by atoms with Gasteiger partial charge < -0.3 is 14.2 Å². The van der Waals surface area contributed by atoms with E-state index in [4.69, 9.17) is 4.74 Å². The minimum Gasteiger partial charge on any atom is -0.452 e. The third kappa shape index (κ3) is 4.26. The van der Waals surface area contributed by atoms with E-state index in [1.807, 2.05) is 33.8 Å². The van der Waals surface area contributed by atoms with Crippen molar-refractivity contribution in [1.29, 1.82) is 0 Å². The Morgan fingerprint density at radius 2 is 1.96 bits per heavy atom. The van der Waals surface area contributed by atoms with Crippen LogP contribution in [0.5, 0.6) is 0 Å². The van der Waals surface area contributed by atoms with E-state index in [-0.39, 0.29) is 36.1 Å². The molecule has 0 radical (unpaired) electrons. The van der Waals surface area contributed by atoms with Crippen molar-refractivity contribution in [2.45, 2.75) is 71.5 Å². The number of hydrogen-bond acceptors (Lipinski definition) is 5. The van der Waals surface area contributed by atoms with E-state index in [0.29, 0.717) is 24.4 Å². The molecule has 1 saturated carbocycles. The molecule has 0 N–H and O–H groups in total. The Bertz CT molecular complexity index is 869. The molecule has 2 atom stereocenters. The third-order valence-electron chi connectivity index (χ3n) is 5.90. The Hall–Kier alpha value is -1.83. The van der Waals surface area contributed by atoms with Crippen molar-refractivity contribution in [1.82, 2.24) is 9.47 Å². The van der Waals surface area contributed by atoms with Gasteiger partial charge in [-0.25, -0.2) is 13.2 Å². The van der Waals surface area contributed by atoms with Crippen LogP contribution in [0.25, 0.3) is 0 Å². The molecule has 7 nitrogen and oxygen atoms in total. The number of carbonyl (C=O) groups is 2. The topological polar surface area (TPSA) is 85.7 Å². The quantitative estimate of drug-likeness (QED) is 0.645. The monoisotopic (exact) mass is 410 g/mol. The number of amides is 1. The van der Waals surface area contributed by atoms with Crippen LogP contribution in [0.15, 0.2) is 6.07 Å². The van der Waals surface area contributed by atoms with E-state index < -0.39 is 15.8 Å². The molecular weight excluding hydrogens is 380 g/mol. The van der Waals surface area contributed by atoms with Crippen LogP contribution in [0.2, 0.25) is 0 Å². The maximum Gasteiger partial charge on any atom is 0.340 e. The van der Waals surface area contributed by atoms with Crippen LogP contribution in [-0.2, 0) is 19.4 Å². The minimum atomic E-state index is -3.10. The van der Waals surface area contributed by atoms with Crippen molar-refractivity contribution in [3.8, 4) is 0 Å². The number of hydrogen-bond donors (Lipinski definition) is 0. The summed E-state index contributed by atoms with van der Waals surface area (Å²) in [5.74, 6) is -0.748. The number of nitrogens with zero attached hydrogens (tertiary/aromatic N) is 2. The molecule has 3 rings (SSSR count). The number of rotatable bonds is 7. The standard InChI is InChI=1S/C20H30N2O5S/c1-5-13(2)22(17-8-9-28(25,26)12-17)19(23)11-27-20(24)18-10-14(3)21(15(18)4)16-6-7-16/h10,13,16-17H,5-9,11-12H2,1-4H3. The SMILES string of the molecule is CCC(C)N(C(=O)COC(=O)c1cc(C)n(C2CC2)c1C)C1CCS(=O)(=O)C1. The maximum atomic E-state index is 12.8. The molecule has 2 aliphatic rings. The van der Waals surface area contributed by atoms with Gasteiger partial charge in [-0.3, -0.25) is 4.79 Å². The maximum absolute atomic E-state index is 12.8. The van der Waals surface area contributed by atoms with E-state index >= 15 is 0 Å². The highest BCUT2D eigenvalue weighted by Gasteiger charge is 2.37. The lowest BCUT2D eigenvalue weighted by Crippen LogP contribution is -2.48. The molecule has 0 bridgehead atoms. The van der Waals surface area contributed by atoms with Crippen molar-refractivity contribution >= 4 is 21.7 Å². The fourth-order valence-electron chi connectivity index (χ4n) is 4.16. The number of carbonyl (C=O) groups excluding carboxylic acids is 2. The first kappa shape index (κ1) is 20.9. The van der Waals surface area contributed by atoms with Crippen LogP contribution in [0.3, 0.4) is 0 Å². The van der Waals surface area contributed by atoms with Gasteiger partial charge in [-0.1, -0.05) is 6.92 Å². The van der Waals surface area contributed by atoms with Crippen LogP contribution in [0, 0.1) is 13.8 Å². The molecule has 0 aromatic carbocycles. The Morgan fingerprint density at radius 3 is 2.50 bits per heavy atom. The third-order valence-corrected chi connectivity index (χ3v) is 7.65. The molecule has 2 fully saturated rings. The van der Waals surface area contributed by atoms with Crippen molar-refractivity contribution in [3.63, 3.8) is 0 Å². The van der Waals surface area contributed by atoms with Crippen LogP contribution < -0.4 is 0 Å². The second-order valence-corrected chi connectivity index (χ2v) is 10.3. The number of sulfone groups is 1. The van der Waals surface area contributed by atoms with E-state index in [2.05, 4.69) is 4.57 Å². The van der Waals surface area contributed by atoms with Gasteiger partial charge in [0.1, 0.15) is 0 Å². The lowest BCUT2D eigenvalue weighted by Gasteiger charge is -2.33. The van der Waals surface area contributed by atoms with E-state index in [9.17, 15) is 18.0 Å². The molecule has 1 amide bonds. The summed E-state index contributed by atoms with van der Waals surface area (Å²) in [7, 11) is -3.10. The zero-order valence-electron chi connectivity index (χ0n) is 17.1. The Kier molecular flexibility index (Phi) is 5.89. The molecule has 0 spiro atoms. The van der Waals surface area contributed by atoms with Crippen molar-refractivity contribution < 1.29 is 22.7 Å². The minimum absolute atomic E-state index is 0.0143. The second kappa shape index (κ2) is 7.89. The van der Waals surface area contributed by atoms with E-state index in [1.165, 1.54) is 0 Å². The van der Waals surface area contributed by atoms with Gasteiger partial charge >= 0.3 is 5.97 Å². The van der Waals surface area contributed by atoms with Gasteiger partial charge in [0.2, 0.25) is 0 Å². The van der Waals surface area contributed by atoms with Crippen molar-refractivity contribution in [3.05, 3.63) is 23.0 Å². The summed E-state index contributed by atoms with van der Waals surface area (Å²) in [6.45, 7) is 7.35. The molecule has 1 aliphatic carbocycles. The van der Waals surface area contributed by atoms with Crippen LogP contribution >= 0.6 is 0 Å². The molecule has 2 heterocycles. The van der Waals surface area contributed by atoms with Gasteiger partial charge in [0, 0.05) is 29.5 Å². The highest BCUT2D eigenvalue weighted by Crippen LogP contribution is 2.38. The molecule has 1 aromatic rings. The van der Waals surface area contributed by atoms with Gasteiger partial charge in [0.25, 0.3) is 5.91 Å². The lowest BCUT2D eigenvalue weighted by atomic mass is 10.1. The van der Waals surface area contributed by atoms with Gasteiger partial charge in [0.05, 0.1) is 17.1 Å². The molecule has 8 heteroatoms. The fourth-order valence-corrected chi connectivity index (χ4v) is 5.87. The van der Waals surface area contributed by atoms with E-state index in [0.717, 1.165) is 24.2 Å². The summed E-state index contributed by atoms with van der Waals surface area (Å²) >= 11 is 0. The highest BCUT2D eigenvalue weighted by molar-refractivity contribution is 7.91. The number of aryl methyl sites for hydroxylation is 1. The first-order chi connectivity index (χ1) is 13.1. The van der Waals surface area contributed by atoms with Crippen LogP contribution in [0.4, 0.5) is 0 Å². The number of ether oxygens (including phenoxy) is 1. The summed E-state index contributed by atoms with van der Waals surface area (Å²) < 4.78 is 31.2. The van der Waals surface area contributed by atoms with Crippen molar-refractivity contribution in [2.24, 2.45) is 0 Å². The van der Waals surface area contributed by atoms with Gasteiger partial charge in [0.15, 0.2) is 16.4 Å². The predicted octanol–water partition coefficient (Wildman–Crippen LogP) is 2.41. The van der Waals surface area contributed by atoms with Crippen molar-refractivity contribution in [2.75, 3.05) is 18.1 Å². The lowest BCUT2D eigenvalue weighted by molar-refractivity contribution is -0.138. The summed E-state index contributed by atoms with van der Waals surface area (Å²) in [5.41, 5.74) is 2.39. The molecule has 156 valence electrons. The first-order valence-electron chi connectivity index (χ1n) is 10.0. The first-order valence-corrected chi connectivity index (χ1v) is 11.8. The molecule has 2 unspecified atom stereocenters. The molecule has 1 aromatic heterocycles. The molecular formula is C20H30N2O5S. The van der Waals surface area contributed by atoms with Crippen LogP contribution in [0.1, 0.15) is 67.3 Å². The second-order valence-electron chi connectivity index (χ2n) is 8.08. The summed E-state index contributed by atoms with van der Waals surface area (Å²) in [4.78, 5) is 27.0. The summed E-state index contributed by atoms with van der Waals surface area (Å²) in [6, 6.07) is 1.83. The van der Waals surface area contributed by atoms with Gasteiger partial charge in [-0.05, 0) is 52.5 Å². The Balaban J connectivity index is 1.67. The number of aromatic nitrogens is 1. The van der Waals surface area contributed by atoms with Crippen LogP contribution in [-0.4, -0.2) is 60.0 Å². The van der Waals surface area contributed by atoms with E-state index in [1.54, 1.807) is 4.90 Å².